The molecule has 2 atom stereocenters. The number of anilines is 1. The van der Waals surface area contributed by atoms with Crippen molar-refractivity contribution >= 4 is 11.7 Å². The molecule has 8 nitrogen and oxygen atoms in total. The number of carbonyl (C=O) groups is 1. The van der Waals surface area contributed by atoms with E-state index in [1.54, 1.807) is 37.0 Å². The van der Waals surface area contributed by atoms with Crippen LogP contribution < -0.4 is 10.6 Å². The van der Waals surface area contributed by atoms with Gasteiger partial charge in [-0.15, -0.1) is 0 Å². The predicted octanol–water partition coefficient (Wildman–Crippen LogP) is 5.19. The molecular formula is C31H31N7O. The van der Waals surface area contributed by atoms with Crippen LogP contribution in [-0.4, -0.2) is 33.8 Å². The van der Waals surface area contributed by atoms with Crippen LogP contribution in [0.2, 0.25) is 0 Å². The number of rotatable bonds is 10. The third-order valence-electron chi connectivity index (χ3n) is 6.70. The Hall–Kier alpha value is -4.79. The van der Waals surface area contributed by atoms with Gasteiger partial charge in [-0.05, 0) is 55.2 Å². The molecule has 0 spiro atoms. The molecule has 8 heteroatoms. The molecule has 1 amide bonds. The standard InChI is InChI=1S/C31H31N7O/c1-22(24-11-9-23(15-32)10-12-24)16-34-19-28(25-7-5-4-6-8-25)30(39)37-29-14-13-26(17-35-29)27-18-36-38(20-27)31(2,3)21-33/h4-14,17-18,20,22,28,34H,16,19H2,1-3H3,(H,35,37,39)/t22-,28?/m1/s1. The highest BCUT2D eigenvalue weighted by Crippen LogP contribution is 2.23. The van der Waals surface area contributed by atoms with E-state index in [2.05, 4.69) is 39.8 Å². The molecule has 0 aliphatic carbocycles. The normalized spacial score (nSPS) is 12.6. The Morgan fingerprint density at radius 3 is 2.33 bits per heavy atom. The number of nitrogens with one attached hydrogen (secondary N) is 2. The monoisotopic (exact) mass is 517 g/mol. The number of nitrogens with zero attached hydrogens (tertiary/aromatic N) is 5. The third kappa shape index (κ3) is 6.75. The zero-order valence-corrected chi connectivity index (χ0v) is 22.3. The zero-order chi connectivity index (χ0) is 27.8. The molecule has 4 aromatic rings. The van der Waals surface area contributed by atoms with Crippen molar-refractivity contribution in [2.24, 2.45) is 0 Å². The largest absolute Gasteiger partial charge is 0.315 e. The van der Waals surface area contributed by atoms with E-state index in [1.807, 2.05) is 66.9 Å². The second-order valence-electron chi connectivity index (χ2n) is 10.0. The smallest absolute Gasteiger partial charge is 0.234 e. The van der Waals surface area contributed by atoms with Crippen LogP contribution >= 0.6 is 0 Å². The van der Waals surface area contributed by atoms with Gasteiger partial charge in [0.25, 0.3) is 0 Å². The van der Waals surface area contributed by atoms with Gasteiger partial charge < -0.3 is 10.6 Å². The van der Waals surface area contributed by atoms with Crippen molar-refractivity contribution in [1.29, 1.82) is 10.5 Å². The first kappa shape index (κ1) is 27.3. The highest BCUT2D eigenvalue weighted by molar-refractivity contribution is 5.95. The number of hydrogen-bond donors (Lipinski definition) is 2. The van der Waals surface area contributed by atoms with Crippen LogP contribution in [0.15, 0.2) is 85.3 Å². The van der Waals surface area contributed by atoms with Crippen molar-refractivity contribution in [3.05, 3.63) is 102 Å². The van der Waals surface area contributed by atoms with Gasteiger partial charge in [-0.1, -0.05) is 49.4 Å². The van der Waals surface area contributed by atoms with Crippen molar-refractivity contribution in [3.8, 4) is 23.3 Å². The second-order valence-corrected chi connectivity index (χ2v) is 10.0. The van der Waals surface area contributed by atoms with Crippen LogP contribution in [0.3, 0.4) is 0 Å². The summed E-state index contributed by atoms with van der Waals surface area (Å²) in [5.41, 5.74) is 3.61. The Kier molecular flexibility index (Phi) is 8.50. The van der Waals surface area contributed by atoms with Gasteiger partial charge in [0.15, 0.2) is 0 Å². The van der Waals surface area contributed by atoms with Crippen molar-refractivity contribution in [2.75, 3.05) is 18.4 Å². The van der Waals surface area contributed by atoms with Crippen LogP contribution in [0.4, 0.5) is 5.82 Å². The molecule has 0 fully saturated rings. The molecule has 2 aromatic carbocycles. The molecule has 0 saturated carbocycles. The van der Waals surface area contributed by atoms with Crippen molar-refractivity contribution in [3.63, 3.8) is 0 Å². The maximum Gasteiger partial charge on any atom is 0.234 e. The van der Waals surface area contributed by atoms with Crippen LogP contribution in [0, 0.1) is 22.7 Å². The number of aromatic nitrogens is 3. The van der Waals surface area contributed by atoms with Crippen LogP contribution in [0.25, 0.3) is 11.1 Å². The minimum Gasteiger partial charge on any atom is -0.315 e. The van der Waals surface area contributed by atoms with E-state index in [0.29, 0.717) is 24.5 Å². The van der Waals surface area contributed by atoms with Crippen molar-refractivity contribution < 1.29 is 4.79 Å². The molecule has 0 bridgehead atoms. The fourth-order valence-corrected chi connectivity index (χ4v) is 4.18. The van der Waals surface area contributed by atoms with Gasteiger partial charge in [-0.25, -0.2) is 4.98 Å². The highest BCUT2D eigenvalue weighted by Gasteiger charge is 2.22. The number of pyridine rings is 1. The van der Waals surface area contributed by atoms with Crippen molar-refractivity contribution in [2.45, 2.75) is 38.1 Å². The van der Waals surface area contributed by atoms with Gasteiger partial charge in [0.05, 0.1) is 29.8 Å². The topological polar surface area (TPSA) is 119 Å². The molecule has 4 rings (SSSR count). The zero-order valence-electron chi connectivity index (χ0n) is 22.3. The van der Waals surface area contributed by atoms with Gasteiger partial charge in [0, 0.05) is 36.6 Å². The lowest BCUT2D eigenvalue weighted by Crippen LogP contribution is -2.32. The minimum atomic E-state index is -0.750. The summed E-state index contributed by atoms with van der Waals surface area (Å²) in [6.07, 6.45) is 5.20. The Balaban J connectivity index is 1.41. The van der Waals surface area contributed by atoms with Gasteiger partial charge in [0.2, 0.25) is 5.91 Å². The Morgan fingerprint density at radius 1 is 0.949 bits per heavy atom. The molecule has 0 aliphatic rings. The number of amides is 1. The fourth-order valence-electron chi connectivity index (χ4n) is 4.18. The summed E-state index contributed by atoms with van der Waals surface area (Å²) in [6, 6.07) is 25.3. The maximum atomic E-state index is 13.4. The first-order valence-corrected chi connectivity index (χ1v) is 12.8. The summed E-state index contributed by atoms with van der Waals surface area (Å²) < 4.78 is 1.62. The average molecular weight is 518 g/mol. The van der Waals surface area contributed by atoms with Gasteiger partial charge in [-0.3, -0.25) is 9.48 Å². The molecule has 2 aromatic heterocycles. The molecular weight excluding hydrogens is 486 g/mol. The molecule has 2 N–H and O–H groups in total. The first-order valence-electron chi connectivity index (χ1n) is 12.8. The maximum absolute atomic E-state index is 13.4. The summed E-state index contributed by atoms with van der Waals surface area (Å²) in [5, 5.41) is 29.1. The van der Waals surface area contributed by atoms with Gasteiger partial charge >= 0.3 is 0 Å². The number of nitriles is 2. The van der Waals surface area contributed by atoms with Gasteiger partial charge in [-0.2, -0.15) is 15.6 Å². The summed E-state index contributed by atoms with van der Waals surface area (Å²) >= 11 is 0. The van der Waals surface area contributed by atoms with E-state index in [0.717, 1.165) is 22.3 Å². The number of benzene rings is 2. The Labute approximate surface area is 228 Å². The SMILES string of the molecule is C[C@H](CNCC(C(=O)Nc1ccc(-c2cnn(C(C)(C)C#N)c2)cn1)c1ccccc1)c1ccc(C#N)cc1. The molecule has 2 heterocycles. The molecule has 0 aliphatic heterocycles. The summed E-state index contributed by atoms with van der Waals surface area (Å²) in [6.45, 7) is 6.86. The lowest BCUT2D eigenvalue weighted by atomic mass is 9.96. The van der Waals surface area contributed by atoms with E-state index < -0.39 is 11.5 Å². The Morgan fingerprint density at radius 2 is 1.69 bits per heavy atom. The van der Waals surface area contributed by atoms with Crippen LogP contribution in [0.1, 0.15) is 49.3 Å². The van der Waals surface area contributed by atoms with E-state index in [9.17, 15) is 10.1 Å². The van der Waals surface area contributed by atoms with Gasteiger partial charge in [0.1, 0.15) is 11.4 Å². The van der Waals surface area contributed by atoms with Crippen molar-refractivity contribution in [1.82, 2.24) is 20.1 Å². The predicted molar refractivity (Wildman–Crippen MR) is 151 cm³/mol. The fraction of sp³-hybridized carbons (Fsp3) is 0.258. The first-order chi connectivity index (χ1) is 18.8. The quantitative estimate of drug-likeness (QED) is 0.299. The molecule has 0 saturated heterocycles. The number of carbonyl (C=O) groups excluding carboxylic acids is 1. The highest BCUT2D eigenvalue weighted by atomic mass is 16.2. The summed E-state index contributed by atoms with van der Waals surface area (Å²) in [5.74, 6) is 0.116. The summed E-state index contributed by atoms with van der Waals surface area (Å²) in [7, 11) is 0. The number of hydrogen-bond acceptors (Lipinski definition) is 6. The third-order valence-corrected chi connectivity index (χ3v) is 6.70. The molecule has 39 heavy (non-hydrogen) atoms. The lowest BCUT2D eigenvalue weighted by Gasteiger charge is -2.20. The second kappa shape index (κ2) is 12.2. The van der Waals surface area contributed by atoms with E-state index in [-0.39, 0.29) is 11.8 Å². The van der Waals surface area contributed by atoms with Crippen LogP contribution in [0.5, 0.6) is 0 Å². The van der Waals surface area contributed by atoms with E-state index >= 15 is 0 Å². The minimum absolute atomic E-state index is 0.149. The van der Waals surface area contributed by atoms with Crippen LogP contribution in [-0.2, 0) is 10.3 Å². The van der Waals surface area contributed by atoms with E-state index in [1.165, 1.54) is 0 Å². The Bertz CT molecular complexity index is 1480. The van der Waals surface area contributed by atoms with E-state index in [4.69, 9.17) is 5.26 Å². The summed E-state index contributed by atoms with van der Waals surface area (Å²) in [4.78, 5) is 17.8. The molecule has 1 unspecified atom stereocenters. The molecule has 196 valence electrons. The average Bonchev–Trinajstić information content (AvgIpc) is 3.47. The molecule has 0 radical (unpaired) electrons. The lowest BCUT2D eigenvalue weighted by molar-refractivity contribution is -0.117.